The molecule has 0 saturated carbocycles. The van der Waals surface area contributed by atoms with Gasteiger partial charge in [0.25, 0.3) is 0 Å². The monoisotopic (exact) mass is 317 g/mol. The van der Waals surface area contributed by atoms with E-state index in [1.54, 1.807) is 11.9 Å². The van der Waals surface area contributed by atoms with Gasteiger partial charge in [0, 0.05) is 25.9 Å². The Morgan fingerprint density at radius 3 is 3.00 bits per heavy atom. The normalized spacial score (nSPS) is 18.9. The molecule has 0 aromatic carbocycles. The first-order valence-corrected chi connectivity index (χ1v) is 7.97. The van der Waals surface area contributed by atoms with Crippen molar-refractivity contribution < 1.29 is 14.3 Å². The Morgan fingerprint density at radius 2 is 2.35 bits per heavy atom. The van der Waals surface area contributed by atoms with Gasteiger partial charge in [0.15, 0.2) is 0 Å². The van der Waals surface area contributed by atoms with E-state index in [0.717, 1.165) is 5.75 Å². The van der Waals surface area contributed by atoms with Crippen LogP contribution < -0.4 is 0 Å². The summed E-state index contributed by atoms with van der Waals surface area (Å²) in [6.45, 7) is 1.04. The molecular formula is C10H15N5O3S2. The molecule has 1 aromatic heterocycles. The minimum Gasteiger partial charge on any atom is -0.468 e. The highest BCUT2D eigenvalue weighted by Crippen LogP contribution is 2.21. The largest absolute Gasteiger partial charge is 0.468 e. The SMILES string of the molecule is COC(=O)[C@@H]1CN(C(=O)CSc2nnnn2C)CCS1. The summed E-state index contributed by atoms with van der Waals surface area (Å²) in [5.74, 6) is 0.693. The van der Waals surface area contributed by atoms with E-state index < -0.39 is 0 Å². The van der Waals surface area contributed by atoms with E-state index in [1.807, 2.05) is 0 Å². The summed E-state index contributed by atoms with van der Waals surface area (Å²) in [5.41, 5.74) is 0. The molecule has 0 aliphatic carbocycles. The van der Waals surface area contributed by atoms with Gasteiger partial charge >= 0.3 is 5.97 Å². The molecule has 0 N–H and O–H groups in total. The van der Waals surface area contributed by atoms with E-state index in [2.05, 4.69) is 15.5 Å². The highest BCUT2D eigenvalue weighted by molar-refractivity contribution is 8.00. The quantitative estimate of drug-likeness (QED) is 0.538. The number of tetrazole rings is 1. The third-order valence-corrected chi connectivity index (χ3v) is 4.95. The lowest BCUT2D eigenvalue weighted by Gasteiger charge is -2.30. The molecule has 110 valence electrons. The zero-order chi connectivity index (χ0) is 14.5. The van der Waals surface area contributed by atoms with Crippen molar-refractivity contribution in [1.29, 1.82) is 0 Å². The molecule has 2 rings (SSSR count). The van der Waals surface area contributed by atoms with Crippen molar-refractivity contribution in [1.82, 2.24) is 25.1 Å². The van der Waals surface area contributed by atoms with Gasteiger partial charge in [0.05, 0.1) is 12.9 Å². The Balaban J connectivity index is 1.86. The number of aromatic nitrogens is 4. The number of rotatable bonds is 4. The van der Waals surface area contributed by atoms with Crippen LogP contribution in [0.15, 0.2) is 5.16 Å². The number of ether oxygens (including phenoxy) is 1. The van der Waals surface area contributed by atoms with Crippen LogP contribution in [-0.2, 0) is 21.4 Å². The van der Waals surface area contributed by atoms with Crippen molar-refractivity contribution in [2.45, 2.75) is 10.4 Å². The number of hydrogen-bond donors (Lipinski definition) is 0. The zero-order valence-corrected chi connectivity index (χ0v) is 12.8. The van der Waals surface area contributed by atoms with Crippen LogP contribution in [0.3, 0.4) is 0 Å². The second-order valence-corrected chi connectivity index (χ2v) is 6.35. The molecule has 0 unspecified atom stereocenters. The first-order valence-electron chi connectivity index (χ1n) is 5.94. The van der Waals surface area contributed by atoms with Crippen molar-refractivity contribution in [2.24, 2.45) is 7.05 Å². The second-order valence-electron chi connectivity index (χ2n) is 4.10. The van der Waals surface area contributed by atoms with Crippen LogP contribution in [0.1, 0.15) is 0 Å². The molecule has 1 aliphatic rings. The summed E-state index contributed by atoms with van der Waals surface area (Å²) in [5, 5.41) is 11.3. The molecule has 20 heavy (non-hydrogen) atoms. The van der Waals surface area contributed by atoms with E-state index in [4.69, 9.17) is 4.74 Å². The van der Waals surface area contributed by atoms with Gasteiger partial charge in [-0.25, -0.2) is 4.68 Å². The minimum atomic E-state index is -0.292. The standard InChI is InChI=1S/C10H15N5O3S2/c1-14-10(11-12-13-14)20-6-8(16)15-3-4-19-7(5-15)9(17)18-2/h7H,3-6H2,1-2H3/t7-/m0/s1. The van der Waals surface area contributed by atoms with E-state index in [0.29, 0.717) is 18.2 Å². The fourth-order valence-electron chi connectivity index (χ4n) is 1.71. The highest BCUT2D eigenvalue weighted by Gasteiger charge is 2.29. The van der Waals surface area contributed by atoms with Crippen molar-refractivity contribution >= 4 is 35.4 Å². The number of thioether (sulfide) groups is 2. The average molecular weight is 317 g/mol. The Labute approximate surface area is 124 Å². The predicted octanol–water partition coefficient (Wildman–Crippen LogP) is -0.581. The molecule has 1 aliphatic heterocycles. The number of amides is 1. The predicted molar refractivity (Wildman–Crippen MR) is 74.4 cm³/mol. The van der Waals surface area contributed by atoms with Gasteiger partial charge in [0.1, 0.15) is 5.25 Å². The third kappa shape index (κ3) is 3.63. The summed E-state index contributed by atoms with van der Waals surface area (Å²) in [7, 11) is 3.08. The van der Waals surface area contributed by atoms with Crippen LogP contribution in [0.4, 0.5) is 0 Å². The first-order chi connectivity index (χ1) is 9.61. The molecule has 1 aromatic rings. The van der Waals surface area contributed by atoms with E-state index in [1.165, 1.54) is 35.3 Å². The van der Waals surface area contributed by atoms with Crippen molar-refractivity contribution in [3.05, 3.63) is 0 Å². The Kier molecular flexibility index (Phi) is 5.24. The summed E-state index contributed by atoms with van der Waals surface area (Å²) < 4.78 is 6.23. The van der Waals surface area contributed by atoms with Gasteiger partial charge in [-0.1, -0.05) is 11.8 Å². The van der Waals surface area contributed by atoms with Crippen LogP contribution in [0.25, 0.3) is 0 Å². The molecular weight excluding hydrogens is 302 g/mol. The molecule has 1 atom stereocenters. The van der Waals surface area contributed by atoms with Crippen LogP contribution in [-0.4, -0.2) is 73.9 Å². The first kappa shape index (κ1) is 15.1. The van der Waals surface area contributed by atoms with E-state index >= 15 is 0 Å². The average Bonchev–Trinajstić information content (AvgIpc) is 2.89. The van der Waals surface area contributed by atoms with Crippen LogP contribution >= 0.6 is 23.5 Å². The number of esters is 1. The number of carbonyl (C=O) groups excluding carboxylic acids is 2. The van der Waals surface area contributed by atoms with E-state index in [-0.39, 0.29) is 22.9 Å². The lowest BCUT2D eigenvalue weighted by Crippen LogP contribution is -2.45. The minimum absolute atomic E-state index is 0.0211. The van der Waals surface area contributed by atoms with Gasteiger partial charge < -0.3 is 9.64 Å². The smallest absolute Gasteiger partial charge is 0.320 e. The van der Waals surface area contributed by atoms with Crippen molar-refractivity contribution in [3.63, 3.8) is 0 Å². The van der Waals surface area contributed by atoms with Crippen molar-refractivity contribution in [3.8, 4) is 0 Å². The molecule has 1 fully saturated rings. The van der Waals surface area contributed by atoms with Crippen LogP contribution in [0.2, 0.25) is 0 Å². The molecule has 10 heteroatoms. The van der Waals surface area contributed by atoms with Gasteiger partial charge in [-0.05, 0) is 10.4 Å². The van der Waals surface area contributed by atoms with Gasteiger partial charge in [0.2, 0.25) is 11.1 Å². The van der Waals surface area contributed by atoms with Crippen LogP contribution in [0.5, 0.6) is 0 Å². The molecule has 0 spiro atoms. The lowest BCUT2D eigenvalue weighted by atomic mass is 10.3. The van der Waals surface area contributed by atoms with Gasteiger partial charge in [-0.15, -0.1) is 16.9 Å². The number of methoxy groups -OCH3 is 1. The highest BCUT2D eigenvalue weighted by atomic mass is 32.2. The molecule has 2 heterocycles. The Morgan fingerprint density at radius 1 is 1.55 bits per heavy atom. The zero-order valence-electron chi connectivity index (χ0n) is 11.2. The van der Waals surface area contributed by atoms with E-state index in [9.17, 15) is 9.59 Å². The maximum absolute atomic E-state index is 12.1. The Bertz CT molecular complexity index is 495. The maximum Gasteiger partial charge on any atom is 0.320 e. The second kappa shape index (κ2) is 6.93. The lowest BCUT2D eigenvalue weighted by molar-refractivity contribution is -0.141. The number of hydrogen-bond acceptors (Lipinski definition) is 8. The number of nitrogens with zero attached hydrogens (tertiary/aromatic N) is 5. The molecule has 0 bridgehead atoms. The topological polar surface area (TPSA) is 90.2 Å². The fraction of sp³-hybridized carbons (Fsp3) is 0.700. The molecule has 0 radical (unpaired) electrons. The molecule has 1 amide bonds. The molecule has 1 saturated heterocycles. The number of aryl methyl sites for hydroxylation is 1. The van der Waals surface area contributed by atoms with Gasteiger partial charge in [-0.3, -0.25) is 9.59 Å². The third-order valence-electron chi connectivity index (χ3n) is 2.79. The number of carbonyl (C=O) groups is 2. The van der Waals surface area contributed by atoms with Crippen LogP contribution in [0, 0.1) is 0 Å². The fourth-order valence-corrected chi connectivity index (χ4v) is 3.59. The summed E-state index contributed by atoms with van der Waals surface area (Å²) >= 11 is 2.81. The summed E-state index contributed by atoms with van der Waals surface area (Å²) in [6, 6.07) is 0. The summed E-state index contributed by atoms with van der Waals surface area (Å²) in [6.07, 6.45) is 0. The summed E-state index contributed by atoms with van der Waals surface area (Å²) in [4.78, 5) is 25.3. The molecule has 8 nitrogen and oxygen atoms in total. The van der Waals surface area contributed by atoms with Crippen molar-refractivity contribution in [2.75, 3.05) is 31.7 Å². The Hall–Kier alpha value is -1.29. The van der Waals surface area contributed by atoms with Gasteiger partial charge in [-0.2, -0.15) is 0 Å². The maximum atomic E-state index is 12.1.